The van der Waals surface area contributed by atoms with E-state index >= 15 is 0 Å². The Balaban J connectivity index is 2.41. The van der Waals surface area contributed by atoms with Gasteiger partial charge in [-0.1, -0.05) is 6.42 Å². The van der Waals surface area contributed by atoms with Crippen LogP contribution in [0.1, 0.15) is 77.0 Å². The summed E-state index contributed by atoms with van der Waals surface area (Å²) in [6, 6.07) is -1.34. The van der Waals surface area contributed by atoms with E-state index in [-0.39, 0.29) is 61.3 Å². The first kappa shape index (κ1) is 43.5. The van der Waals surface area contributed by atoms with Gasteiger partial charge in [0.25, 0.3) is 0 Å². The van der Waals surface area contributed by atoms with E-state index in [2.05, 4.69) is 21.3 Å². The van der Waals surface area contributed by atoms with Crippen molar-refractivity contribution in [1.82, 2.24) is 26.2 Å². The van der Waals surface area contributed by atoms with Crippen molar-refractivity contribution in [3.8, 4) is 0 Å². The number of nitrogens with two attached hydrogens (primary N) is 1. The molecule has 4 atom stereocenters. The predicted molar refractivity (Wildman–Crippen MR) is 182 cm³/mol. The quantitative estimate of drug-likeness (QED) is 0.0366. The Hall–Kier alpha value is -2.56. The lowest BCUT2D eigenvalue weighted by atomic mass is 10.1. The van der Waals surface area contributed by atoms with E-state index in [4.69, 9.17) is 15.0 Å². The fourth-order valence-corrected chi connectivity index (χ4v) is 6.52. The summed E-state index contributed by atoms with van der Waals surface area (Å²) >= 11 is 1.21. The Morgan fingerprint density at radius 3 is 2.29 bits per heavy atom. The number of carbonyl (C=O) groups excluding carboxylic acids is 6. The monoisotopic (exact) mass is 722 g/mol. The number of hydrogen-bond acceptors (Lipinski definition) is 11. The van der Waals surface area contributed by atoms with Crippen molar-refractivity contribution in [3.05, 3.63) is 0 Å². The highest BCUT2D eigenvalue weighted by Gasteiger charge is 2.39. The Labute approximate surface area is 287 Å². The minimum absolute atomic E-state index is 0.0431. The molecule has 0 spiro atoms. The number of likely N-dealkylation sites (tertiary alicyclic amines) is 1. The van der Waals surface area contributed by atoms with Crippen LogP contribution in [0.25, 0.3) is 0 Å². The molecule has 6 amide bonds. The number of ether oxygens (including phenoxy) is 1. The normalized spacial score (nSPS) is 17.1. The van der Waals surface area contributed by atoms with E-state index in [1.54, 1.807) is 14.2 Å². The highest BCUT2D eigenvalue weighted by atomic mass is 32.2. The summed E-state index contributed by atoms with van der Waals surface area (Å²) in [6.45, 7) is 2.64. The smallest absolute Gasteiger partial charge is 0.325 e. The van der Waals surface area contributed by atoms with E-state index in [9.17, 15) is 38.2 Å². The van der Waals surface area contributed by atoms with Gasteiger partial charge in [-0.2, -0.15) is 0 Å². The molecule has 276 valence electrons. The second-order valence-electron chi connectivity index (χ2n) is 11.7. The summed E-state index contributed by atoms with van der Waals surface area (Å²) in [6.07, 6.45) is 5.64. The SMILES string of the molecule is CN[C@@H](CSC1CC(=O)N(CCCC(=O)NCCCCC(NC(=O)CCCCCOC)C(=O)NCCCCOP(C)(=O)O)C1=O)C(N)=O. The van der Waals surface area contributed by atoms with Gasteiger partial charge in [0.1, 0.15) is 6.04 Å². The lowest BCUT2D eigenvalue weighted by Gasteiger charge is -2.19. The fourth-order valence-electron chi connectivity index (χ4n) is 4.77. The van der Waals surface area contributed by atoms with Gasteiger partial charge in [-0.05, 0) is 58.4 Å². The molecule has 0 radical (unpaired) electrons. The average Bonchev–Trinajstić information content (AvgIpc) is 3.29. The number of amides is 6. The Kier molecular flexibility index (Phi) is 22.2. The van der Waals surface area contributed by atoms with Crippen molar-refractivity contribution in [1.29, 1.82) is 0 Å². The molecule has 0 aromatic heterocycles. The highest BCUT2D eigenvalue weighted by molar-refractivity contribution is 8.00. The second kappa shape index (κ2) is 24.6. The lowest BCUT2D eigenvalue weighted by Crippen LogP contribution is -2.47. The van der Waals surface area contributed by atoms with Crippen LogP contribution >= 0.6 is 19.4 Å². The first-order valence-corrected chi connectivity index (χ1v) is 19.6. The van der Waals surface area contributed by atoms with Gasteiger partial charge in [0.05, 0.1) is 17.9 Å². The van der Waals surface area contributed by atoms with Crippen molar-refractivity contribution in [3.63, 3.8) is 0 Å². The van der Waals surface area contributed by atoms with Gasteiger partial charge in [-0.3, -0.25) is 38.2 Å². The molecule has 1 heterocycles. The van der Waals surface area contributed by atoms with Crippen LogP contribution in [0.15, 0.2) is 0 Å². The number of carbonyl (C=O) groups is 6. The summed E-state index contributed by atoms with van der Waals surface area (Å²) in [4.78, 5) is 84.5. The third kappa shape index (κ3) is 19.4. The number of thioether (sulfide) groups is 1. The van der Waals surface area contributed by atoms with Gasteiger partial charge in [0, 0.05) is 65.0 Å². The summed E-state index contributed by atoms with van der Waals surface area (Å²) in [5.41, 5.74) is 5.31. The highest BCUT2D eigenvalue weighted by Crippen LogP contribution is 2.36. The van der Waals surface area contributed by atoms with E-state index < -0.39 is 30.8 Å². The largest absolute Gasteiger partial charge is 0.385 e. The van der Waals surface area contributed by atoms with Gasteiger partial charge in [-0.15, -0.1) is 11.8 Å². The van der Waals surface area contributed by atoms with Crippen molar-refractivity contribution in [2.45, 2.75) is 94.4 Å². The van der Waals surface area contributed by atoms with Crippen molar-refractivity contribution in [2.75, 3.05) is 59.4 Å². The Morgan fingerprint density at radius 2 is 1.62 bits per heavy atom. The number of likely N-dealkylation sites (N-methyl/N-ethyl adjacent to an activating group) is 1. The zero-order valence-electron chi connectivity index (χ0n) is 28.5. The van der Waals surface area contributed by atoms with E-state index in [0.717, 1.165) is 24.4 Å². The third-order valence-electron chi connectivity index (χ3n) is 7.49. The number of unbranched alkanes of at least 4 members (excludes halogenated alkanes) is 4. The van der Waals surface area contributed by atoms with Crippen LogP contribution in [0.2, 0.25) is 0 Å². The van der Waals surface area contributed by atoms with Crippen LogP contribution in [0, 0.1) is 0 Å². The first-order chi connectivity index (χ1) is 22.8. The molecule has 48 heavy (non-hydrogen) atoms. The number of rotatable bonds is 28. The van der Waals surface area contributed by atoms with Crippen LogP contribution < -0.4 is 27.0 Å². The Morgan fingerprint density at radius 1 is 0.958 bits per heavy atom. The Bertz CT molecular complexity index is 1090. The molecule has 1 aliphatic heterocycles. The number of imide groups is 1. The van der Waals surface area contributed by atoms with Gasteiger partial charge < -0.3 is 41.2 Å². The van der Waals surface area contributed by atoms with Crippen LogP contribution in [-0.4, -0.2) is 122 Å². The van der Waals surface area contributed by atoms with Crippen molar-refractivity contribution in [2.24, 2.45) is 5.73 Å². The maximum Gasteiger partial charge on any atom is 0.325 e. The molecule has 0 aromatic carbocycles. The lowest BCUT2D eigenvalue weighted by molar-refractivity contribution is -0.138. The topological polar surface area (TPSA) is 236 Å². The van der Waals surface area contributed by atoms with Gasteiger partial charge in [0.15, 0.2) is 0 Å². The molecule has 7 N–H and O–H groups in total. The molecule has 0 aromatic rings. The minimum atomic E-state index is -3.54. The predicted octanol–water partition coefficient (Wildman–Crippen LogP) is 0.407. The van der Waals surface area contributed by atoms with Crippen molar-refractivity contribution >= 4 is 54.8 Å². The molecule has 1 rings (SSSR count). The van der Waals surface area contributed by atoms with E-state index in [1.165, 1.54) is 11.8 Å². The van der Waals surface area contributed by atoms with Gasteiger partial charge in [0.2, 0.25) is 35.4 Å². The number of methoxy groups -OCH3 is 1. The summed E-state index contributed by atoms with van der Waals surface area (Å²) < 4.78 is 21.1. The molecule has 1 saturated heterocycles. The molecular formula is C30H55N6O10PS. The summed E-state index contributed by atoms with van der Waals surface area (Å²) in [5.74, 6) is -1.66. The summed E-state index contributed by atoms with van der Waals surface area (Å²) in [7, 11) is -0.323. The molecule has 1 aliphatic rings. The maximum atomic E-state index is 12.9. The average molecular weight is 723 g/mol. The maximum absolute atomic E-state index is 12.9. The number of hydrogen-bond donors (Lipinski definition) is 6. The molecule has 0 bridgehead atoms. The molecule has 18 heteroatoms. The molecular weight excluding hydrogens is 667 g/mol. The molecule has 3 unspecified atom stereocenters. The van der Waals surface area contributed by atoms with Crippen molar-refractivity contribution < 1.29 is 47.5 Å². The van der Waals surface area contributed by atoms with E-state index in [1.807, 2.05) is 0 Å². The zero-order valence-corrected chi connectivity index (χ0v) is 30.2. The van der Waals surface area contributed by atoms with Crippen LogP contribution in [-0.2, 0) is 42.6 Å². The number of nitrogens with one attached hydrogen (secondary N) is 4. The number of nitrogens with zero attached hydrogens (tertiary/aromatic N) is 1. The summed E-state index contributed by atoms with van der Waals surface area (Å²) in [5, 5.41) is 10.6. The molecule has 1 fully saturated rings. The first-order valence-electron chi connectivity index (χ1n) is 16.5. The number of primary amides is 1. The van der Waals surface area contributed by atoms with Gasteiger partial charge >= 0.3 is 7.60 Å². The minimum Gasteiger partial charge on any atom is -0.385 e. The van der Waals surface area contributed by atoms with Crippen LogP contribution in [0.4, 0.5) is 0 Å². The zero-order chi connectivity index (χ0) is 36.0. The van der Waals surface area contributed by atoms with Crippen LogP contribution in [0.3, 0.4) is 0 Å². The van der Waals surface area contributed by atoms with E-state index in [0.29, 0.717) is 71.1 Å². The standard InChI is InChI=1S/C30H55N6O10PS/c1-32-23(28(31)40)21-48-24-20-27(39)36(30(24)42)17-11-14-25(37)33-15-7-6-12-22(35-26(38)13-5-4-9-18-45-2)29(41)34-16-8-10-19-46-47(3,43)44/h22-24,32H,4-21H2,1-3H3,(H2,31,40)(H,33,37)(H,34,41)(H,35,38)(H,43,44)/t22?,23-,24?/m0/s1. The van der Waals surface area contributed by atoms with Crippen LogP contribution in [0.5, 0.6) is 0 Å². The third-order valence-corrected chi connectivity index (χ3v) is 9.45. The fraction of sp³-hybridized carbons (Fsp3) is 0.800. The second-order valence-corrected chi connectivity index (χ2v) is 14.8. The molecule has 0 aliphatic carbocycles. The molecule has 16 nitrogen and oxygen atoms in total. The van der Waals surface area contributed by atoms with Gasteiger partial charge in [-0.25, -0.2) is 0 Å². The molecule has 0 saturated carbocycles.